The Labute approximate surface area is 144 Å². The fraction of sp³-hybridized carbons (Fsp3) is 0.375. The molecule has 0 spiro atoms. The van der Waals surface area contributed by atoms with Gasteiger partial charge in [0, 0.05) is 25.5 Å². The van der Waals surface area contributed by atoms with E-state index in [2.05, 4.69) is 10.2 Å². The van der Waals surface area contributed by atoms with Crippen LogP contribution in [0.4, 0.5) is 0 Å². The highest BCUT2D eigenvalue weighted by molar-refractivity contribution is 7.99. The van der Waals surface area contributed by atoms with Crippen LogP contribution >= 0.6 is 11.8 Å². The predicted octanol–water partition coefficient (Wildman–Crippen LogP) is 1.61. The zero-order chi connectivity index (χ0) is 17.5. The van der Waals surface area contributed by atoms with E-state index < -0.39 is 0 Å². The van der Waals surface area contributed by atoms with E-state index >= 15 is 0 Å². The predicted molar refractivity (Wildman–Crippen MR) is 91.2 cm³/mol. The van der Waals surface area contributed by atoms with E-state index in [1.54, 1.807) is 35.9 Å². The molecule has 0 fully saturated rings. The van der Waals surface area contributed by atoms with E-state index in [4.69, 9.17) is 10.5 Å². The molecule has 7 nitrogen and oxygen atoms in total. The van der Waals surface area contributed by atoms with Crippen molar-refractivity contribution in [3.63, 3.8) is 0 Å². The molecule has 0 aliphatic rings. The van der Waals surface area contributed by atoms with E-state index in [0.717, 1.165) is 5.75 Å². The summed E-state index contributed by atoms with van der Waals surface area (Å²) in [7, 11) is 1.81. The van der Waals surface area contributed by atoms with Crippen molar-refractivity contribution in [3.05, 3.63) is 35.7 Å². The Morgan fingerprint density at radius 1 is 1.25 bits per heavy atom. The zero-order valence-corrected chi connectivity index (χ0v) is 14.5. The molecular weight excluding hydrogens is 328 g/mol. The highest BCUT2D eigenvalue weighted by Crippen LogP contribution is 2.19. The van der Waals surface area contributed by atoms with Crippen LogP contribution in [0.25, 0.3) is 0 Å². The first-order valence-electron chi connectivity index (χ1n) is 7.56. The number of aryl methyl sites for hydroxylation is 1. The van der Waals surface area contributed by atoms with Crippen LogP contribution < -0.4 is 10.5 Å². The van der Waals surface area contributed by atoms with Gasteiger partial charge in [0.25, 0.3) is 0 Å². The fourth-order valence-corrected chi connectivity index (χ4v) is 2.87. The average molecular weight is 348 g/mol. The molecule has 0 aliphatic heterocycles. The Hall–Kier alpha value is -2.35. The van der Waals surface area contributed by atoms with Gasteiger partial charge in [0.2, 0.25) is 5.91 Å². The standard InChI is InChI=1S/C16H20N4O3S/c1-3-23-12-6-4-11(5-7-12)13(21)10-24-16-19-18-15(20(16)2)9-8-14(17)22/h4-7H,3,8-10H2,1-2H3,(H2,17,22). The van der Waals surface area contributed by atoms with E-state index in [0.29, 0.717) is 29.6 Å². The number of Topliss-reactive ketones (excluding diaryl/α,β-unsaturated/α-hetero) is 1. The van der Waals surface area contributed by atoms with Crippen LogP contribution in [0.15, 0.2) is 29.4 Å². The van der Waals surface area contributed by atoms with Crippen LogP contribution in [0, 0.1) is 0 Å². The number of ether oxygens (including phenoxy) is 1. The lowest BCUT2D eigenvalue weighted by atomic mass is 10.1. The molecule has 0 saturated carbocycles. The summed E-state index contributed by atoms with van der Waals surface area (Å²) in [6, 6.07) is 7.07. The molecule has 1 aromatic heterocycles. The van der Waals surface area contributed by atoms with Crippen LogP contribution in [0.1, 0.15) is 29.5 Å². The SMILES string of the molecule is CCOc1ccc(C(=O)CSc2nnc(CCC(N)=O)n2C)cc1. The second kappa shape index (κ2) is 8.49. The van der Waals surface area contributed by atoms with Gasteiger partial charge in [0.05, 0.1) is 12.4 Å². The van der Waals surface area contributed by atoms with E-state index in [1.807, 2.05) is 6.92 Å². The van der Waals surface area contributed by atoms with Gasteiger partial charge in [-0.2, -0.15) is 0 Å². The molecule has 2 rings (SSSR count). The third kappa shape index (κ3) is 4.82. The molecule has 0 unspecified atom stereocenters. The number of hydrogen-bond acceptors (Lipinski definition) is 6. The molecule has 8 heteroatoms. The van der Waals surface area contributed by atoms with Gasteiger partial charge in [-0.05, 0) is 31.2 Å². The second-order valence-electron chi connectivity index (χ2n) is 5.09. The van der Waals surface area contributed by atoms with Crippen LogP contribution in [0.3, 0.4) is 0 Å². The Balaban J connectivity index is 1.92. The van der Waals surface area contributed by atoms with E-state index in [1.165, 1.54) is 11.8 Å². The molecule has 0 radical (unpaired) electrons. The minimum absolute atomic E-state index is 0.00438. The monoisotopic (exact) mass is 348 g/mol. The lowest BCUT2D eigenvalue weighted by molar-refractivity contribution is -0.118. The number of ketones is 1. The summed E-state index contributed by atoms with van der Waals surface area (Å²) in [5.41, 5.74) is 5.76. The number of hydrogen-bond donors (Lipinski definition) is 1. The number of primary amides is 1. The Morgan fingerprint density at radius 2 is 1.96 bits per heavy atom. The second-order valence-corrected chi connectivity index (χ2v) is 6.04. The molecule has 2 N–H and O–H groups in total. The number of carbonyl (C=O) groups excluding carboxylic acids is 2. The van der Waals surface area contributed by atoms with Crippen LogP contribution in [0.2, 0.25) is 0 Å². The van der Waals surface area contributed by atoms with Crippen molar-refractivity contribution in [1.29, 1.82) is 0 Å². The quantitative estimate of drug-likeness (QED) is 0.546. The van der Waals surface area contributed by atoms with Gasteiger partial charge in [-0.3, -0.25) is 9.59 Å². The van der Waals surface area contributed by atoms with Crippen molar-refractivity contribution in [2.24, 2.45) is 12.8 Å². The van der Waals surface area contributed by atoms with E-state index in [-0.39, 0.29) is 23.9 Å². The lowest BCUT2D eigenvalue weighted by Crippen LogP contribution is -2.13. The molecule has 2 aromatic rings. The highest BCUT2D eigenvalue weighted by atomic mass is 32.2. The first-order chi connectivity index (χ1) is 11.5. The van der Waals surface area contributed by atoms with Gasteiger partial charge in [-0.15, -0.1) is 10.2 Å². The van der Waals surface area contributed by atoms with Crippen molar-refractivity contribution in [2.45, 2.75) is 24.9 Å². The Bertz CT molecular complexity index is 713. The largest absolute Gasteiger partial charge is 0.494 e. The molecule has 24 heavy (non-hydrogen) atoms. The number of aromatic nitrogens is 3. The highest BCUT2D eigenvalue weighted by Gasteiger charge is 2.13. The molecular formula is C16H20N4O3S. The Morgan fingerprint density at radius 3 is 2.58 bits per heavy atom. The minimum Gasteiger partial charge on any atom is -0.494 e. The number of nitrogens with zero attached hydrogens (tertiary/aromatic N) is 3. The number of thioether (sulfide) groups is 1. The van der Waals surface area contributed by atoms with Gasteiger partial charge in [-0.1, -0.05) is 11.8 Å². The van der Waals surface area contributed by atoms with Crippen molar-refractivity contribution in [1.82, 2.24) is 14.8 Å². The van der Waals surface area contributed by atoms with Crippen molar-refractivity contribution < 1.29 is 14.3 Å². The topological polar surface area (TPSA) is 100 Å². The first-order valence-corrected chi connectivity index (χ1v) is 8.55. The lowest BCUT2D eigenvalue weighted by Gasteiger charge is -2.05. The third-order valence-electron chi connectivity index (χ3n) is 3.34. The first kappa shape index (κ1) is 18.0. The third-order valence-corrected chi connectivity index (χ3v) is 4.36. The average Bonchev–Trinajstić information content (AvgIpc) is 2.92. The summed E-state index contributed by atoms with van der Waals surface area (Å²) in [5, 5.41) is 8.71. The molecule has 128 valence electrons. The molecule has 0 aliphatic carbocycles. The van der Waals surface area contributed by atoms with Crippen molar-refractivity contribution in [2.75, 3.05) is 12.4 Å². The van der Waals surface area contributed by atoms with Gasteiger partial charge < -0.3 is 15.0 Å². The maximum Gasteiger partial charge on any atom is 0.217 e. The van der Waals surface area contributed by atoms with Gasteiger partial charge in [0.15, 0.2) is 10.9 Å². The molecule has 0 bridgehead atoms. The summed E-state index contributed by atoms with van der Waals surface area (Å²) in [5.74, 6) is 1.30. The van der Waals surface area contributed by atoms with Crippen LogP contribution in [0.5, 0.6) is 5.75 Å². The Kier molecular flexibility index (Phi) is 6.36. The normalized spacial score (nSPS) is 10.6. The number of benzene rings is 1. The van der Waals surface area contributed by atoms with Crippen molar-refractivity contribution in [3.8, 4) is 5.75 Å². The molecule has 1 heterocycles. The van der Waals surface area contributed by atoms with Crippen LogP contribution in [-0.4, -0.2) is 38.8 Å². The molecule has 1 amide bonds. The fourth-order valence-electron chi connectivity index (χ4n) is 2.04. The summed E-state index contributed by atoms with van der Waals surface area (Å²) in [4.78, 5) is 23.1. The maximum absolute atomic E-state index is 12.2. The number of rotatable bonds is 9. The summed E-state index contributed by atoms with van der Waals surface area (Å²) in [6.45, 7) is 2.50. The molecule has 0 saturated heterocycles. The van der Waals surface area contributed by atoms with Gasteiger partial charge in [-0.25, -0.2) is 0 Å². The van der Waals surface area contributed by atoms with Gasteiger partial charge >= 0.3 is 0 Å². The molecule has 1 aromatic carbocycles. The number of carbonyl (C=O) groups is 2. The van der Waals surface area contributed by atoms with Crippen molar-refractivity contribution >= 4 is 23.5 Å². The van der Waals surface area contributed by atoms with E-state index in [9.17, 15) is 9.59 Å². The summed E-state index contributed by atoms with van der Waals surface area (Å²) < 4.78 is 7.13. The zero-order valence-electron chi connectivity index (χ0n) is 13.7. The minimum atomic E-state index is -0.377. The van der Waals surface area contributed by atoms with Crippen LogP contribution in [-0.2, 0) is 18.3 Å². The summed E-state index contributed by atoms with van der Waals surface area (Å²) >= 11 is 1.31. The van der Waals surface area contributed by atoms with Gasteiger partial charge in [0.1, 0.15) is 11.6 Å². The number of amides is 1. The summed E-state index contributed by atoms with van der Waals surface area (Å²) in [6.07, 6.45) is 0.661. The smallest absolute Gasteiger partial charge is 0.217 e. The maximum atomic E-state index is 12.2. The number of nitrogens with two attached hydrogens (primary N) is 1. The molecule has 0 atom stereocenters.